The Kier molecular flexibility index (Phi) is 3.78. The molecule has 0 fully saturated rings. The van der Waals surface area contributed by atoms with Crippen molar-refractivity contribution in [3.63, 3.8) is 0 Å². The number of hydrogen-bond donors (Lipinski definition) is 2. The van der Waals surface area contributed by atoms with Gasteiger partial charge in [-0.3, -0.25) is 15.2 Å². The molecule has 0 saturated heterocycles. The average Bonchev–Trinajstić information content (AvgIpc) is 2.72. The van der Waals surface area contributed by atoms with E-state index in [0.29, 0.717) is 16.6 Å². The zero-order valence-electron chi connectivity index (χ0n) is 9.61. The summed E-state index contributed by atoms with van der Waals surface area (Å²) in [5.74, 6) is 1.05. The van der Waals surface area contributed by atoms with Crippen LogP contribution in [-0.2, 0) is 4.79 Å². The maximum absolute atomic E-state index is 11.5. The summed E-state index contributed by atoms with van der Waals surface area (Å²) in [6.07, 6.45) is 0. The van der Waals surface area contributed by atoms with E-state index in [-0.39, 0.29) is 18.5 Å². The van der Waals surface area contributed by atoms with Crippen molar-refractivity contribution in [2.24, 2.45) is 0 Å². The minimum Gasteiger partial charge on any atom is -0.484 e. The van der Waals surface area contributed by atoms with E-state index in [1.54, 1.807) is 31.2 Å². The lowest BCUT2D eigenvalue weighted by Gasteiger charge is -2.05. The summed E-state index contributed by atoms with van der Waals surface area (Å²) in [5.41, 5.74) is 0. The topological polar surface area (TPSA) is 79.9 Å². The van der Waals surface area contributed by atoms with Gasteiger partial charge in [0.15, 0.2) is 6.61 Å². The van der Waals surface area contributed by atoms with E-state index in [0.717, 1.165) is 0 Å². The highest BCUT2D eigenvalue weighted by Gasteiger charge is 2.07. The lowest BCUT2D eigenvalue weighted by atomic mass is 10.3. The minimum absolute atomic E-state index is 0.131. The van der Waals surface area contributed by atoms with Crippen LogP contribution < -0.4 is 10.1 Å². The van der Waals surface area contributed by atoms with Crippen LogP contribution in [0.2, 0.25) is 5.02 Å². The molecule has 0 aliphatic heterocycles. The third-order valence-electron chi connectivity index (χ3n) is 2.01. The maximum Gasteiger partial charge on any atom is 0.264 e. The standard InChI is InChI=1S/C11H11ClN4O2/c1-7-13-11(16-15-7)14-10(17)6-18-9-4-2-3-8(12)5-9/h2-5H,6H2,1H3,(H2,13,14,15,16,17). The fraction of sp³-hybridized carbons (Fsp3) is 0.182. The molecule has 7 heteroatoms. The van der Waals surface area contributed by atoms with Crippen LogP contribution in [0.4, 0.5) is 5.95 Å². The Labute approximate surface area is 108 Å². The number of aromatic nitrogens is 3. The normalized spacial score (nSPS) is 10.1. The van der Waals surface area contributed by atoms with Crippen LogP contribution in [0.15, 0.2) is 24.3 Å². The van der Waals surface area contributed by atoms with Crippen molar-refractivity contribution < 1.29 is 9.53 Å². The Hall–Kier alpha value is -2.08. The van der Waals surface area contributed by atoms with Gasteiger partial charge in [-0.05, 0) is 25.1 Å². The number of anilines is 1. The minimum atomic E-state index is -0.339. The molecule has 2 N–H and O–H groups in total. The van der Waals surface area contributed by atoms with Crippen LogP contribution in [0, 0.1) is 6.92 Å². The molecule has 0 atom stereocenters. The lowest BCUT2D eigenvalue weighted by molar-refractivity contribution is -0.118. The number of aryl methyl sites for hydroxylation is 1. The van der Waals surface area contributed by atoms with Gasteiger partial charge in [-0.25, -0.2) is 0 Å². The van der Waals surface area contributed by atoms with Crippen LogP contribution in [0.3, 0.4) is 0 Å². The number of aromatic amines is 1. The van der Waals surface area contributed by atoms with Gasteiger partial charge in [0, 0.05) is 5.02 Å². The molecule has 0 saturated carbocycles. The van der Waals surface area contributed by atoms with Crippen LogP contribution >= 0.6 is 11.6 Å². The molecule has 2 aromatic rings. The molecule has 0 spiro atoms. The van der Waals surface area contributed by atoms with Crippen LogP contribution in [0.5, 0.6) is 5.75 Å². The molecule has 0 unspecified atom stereocenters. The molecule has 1 amide bonds. The number of H-pyrrole nitrogens is 1. The average molecular weight is 267 g/mol. The summed E-state index contributed by atoms with van der Waals surface area (Å²) in [4.78, 5) is 15.5. The summed E-state index contributed by atoms with van der Waals surface area (Å²) >= 11 is 5.79. The number of halogens is 1. The van der Waals surface area contributed by atoms with E-state index in [1.165, 1.54) is 0 Å². The molecule has 2 rings (SSSR count). The van der Waals surface area contributed by atoms with Gasteiger partial charge in [-0.1, -0.05) is 17.7 Å². The van der Waals surface area contributed by atoms with E-state index >= 15 is 0 Å². The zero-order valence-corrected chi connectivity index (χ0v) is 10.4. The molecule has 6 nitrogen and oxygen atoms in total. The van der Waals surface area contributed by atoms with Crippen molar-refractivity contribution in [1.29, 1.82) is 0 Å². The molecule has 18 heavy (non-hydrogen) atoms. The first-order chi connectivity index (χ1) is 8.63. The Balaban J connectivity index is 1.85. The summed E-state index contributed by atoms with van der Waals surface area (Å²) in [6.45, 7) is 1.61. The van der Waals surface area contributed by atoms with Gasteiger partial charge in [0.1, 0.15) is 11.6 Å². The highest BCUT2D eigenvalue weighted by atomic mass is 35.5. The molecule has 0 aliphatic rings. The first kappa shape index (κ1) is 12.4. The fourth-order valence-electron chi connectivity index (χ4n) is 1.27. The predicted octanol–water partition coefficient (Wildman–Crippen LogP) is 1.78. The quantitative estimate of drug-likeness (QED) is 0.884. The Bertz CT molecular complexity index is 555. The Morgan fingerprint density at radius 2 is 2.39 bits per heavy atom. The number of ether oxygens (including phenoxy) is 1. The van der Waals surface area contributed by atoms with E-state index in [2.05, 4.69) is 20.5 Å². The van der Waals surface area contributed by atoms with Crippen molar-refractivity contribution in [3.8, 4) is 5.75 Å². The number of nitrogens with zero attached hydrogens (tertiary/aromatic N) is 2. The second kappa shape index (κ2) is 5.50. The molecule has 1 aromatic heterocycles. The molecular formula is C11H11ClN4O2. The molecule has 1 aromatic carbocycles. The Morgan fingerprint density at radius 3 is 3.06 bits per heavy atom. The third kappa shape index (κ3) is 3.46. The second-order valence-electron chi connectivity index (χ2n) is 3.54. The van der Waals surface area contributed by atoms with Crippen LogP contribution in [0.25, 0.3) is 0 Å². The first-order valence-corrected chi connectivity index (χ1v) is 5.58. The number of carbonyl (C=O) groups excluding carboxylic acids is 1. The number of hydrogen-bond acceptors (Lipinski definition) is 4. The lowest BCUT2D eigenvalue weighted by Crippen LogP contribution is -2.20. The van der Waals surface area contributed by atoms with Crippen molar-refractivity contribution >= 4 is 23.5 Å². The van der Waals surface area contributed by atoms with Crippen molar-refractivity contribution in [1.82, 2.24) is 15.2 Å². The Morgan fingerprint density at radius 1 is 1.56 bits per heavy atom. The summed E-state index contributed by atoms with van der Waals surface area (Å²) < 4.78 is 5.27. The van der Waals surface area contributed by atoms with Gasteiger partial charge < -0.3 is 4.74 Å². The van der Waals surface area contributed by atoms with Gasteiger partial charge in [-0.15, -0.1) is 5.10 Å². The molecule has 0 radical (unpaired) electrons. The zero-order chi connectivity index (χ0) is 13.0. The highest BCUT2D eigenvalue weighted by Crippen LogP contribution is 2.16. The van der Waals surface area contributed by atoms with Crippen LogP contribution in [0.1, 0.15) is 5.82 Å². The van der Waals surface area contributed by atoms with Gasteiger partial charge >= 0.3 is 0 Å². The van der Waals surface area contributed by atoms with Crippen molar-refractivity contribution in [2.45, 2.75) is 6.92 Å². The largest absolute Gasteiger partial charge is 0.484 e. The van der Waals surface area contributed by atoms with Gasteiger partial charge in [0.2, 0.25) is 5.95 Å². The monoisotopic (exact) mass is 266 g/mol. The van der Waals surface area contributed by atoms with E-state index in [4.69, 9.17) is 16.3 Å². The fourth-order valence-corrected chi connectivity index (χ4v) is 1.45. The van der Waals surface area contributed by atoms with E-state index in [1.807, 2.05) is 0 Å². The van der Waals surface area contributed by atoms with Crippen molar-refractivity contribution in [2.75, 3.05) is 11.9 Å². The number of amides is 1. The number of nitrogens with one attached hydrogen (secondary N) is 2. The number of rotatable bonds is 4. The van der Waals surface area contributed by atoms with E-state index in [9.17, 15) is 4.79 Å². The predicted molar refractivity (Wildman–Crippen MR) is 66.7 cm³/mol. The number of carbonyl (C=O) groups is 1. The van der Waals surface area contributed by atoms with Gasteiger partial charge in [0.05, 0.1) is 0 Å². The SMILES string of the molecule is Cc1nc(NC(=O)COc2cccc(Cl)c2)n[nH]1. The number of benzene rings is 1. The first-order valence-electron chi connectivity index (χ1n) is 5.21. The smallest absolute Gasteiger partial charge is 0.264 e. The van der Waals surface area contributed by atoms with Crippen molar-refractivity contribution in [3.05, 3.63) is 35.1 Å². The summed E-state index contributed by atoms with van der Waals surface area (Å²) in [5, 5.41) is 9.45. The second-order valence-corrected chi connectivity index (χ2v) is 3.98. The maximum atomic E-state index is 11.5. The third-order valence-corrected chi connectivity index (χ3v) is 2.25. The van der Waals surface area contributed by atoms with E-state index < -0.39 is 0 Å². The van der Waals surface area contributed by atoms with Gasteiger partial charge in [-0.2, -0.15) is 4.98 Å². The molecular weight excluding hydrogens is 256 g/mol. The summed E-state index contributed by atoms with van der Waals surface area (Å²) in [6, 6.07) is 6.82. The van der Waals surface area contributed by atoms with Crippen LogP contribution in [-0.4, -0.2) is 27.7 Å². The summed E-state index contributed by atoms with van der Waals surface area (Å²) in [7, 11) is 0. The molecule has 94 valence electrons. The molecule has 0 bridgehead atoms. The highest BCUT2D eigenvalue weighted by molar-refractivity contribution is 6.30. The molecule has 1 heterocycles. The van der Waals surface area contributed by atoms with Gasteiger partial charge in [0.25, 0.3) is 5.91 Å². The molecule has 0 aliphatic carbocycles.